The van der Waals surface area contributed by atoms with Crippen LogP contribution in [0.3, 0.4) is 0 Å². The molecule has 164 valence electrons. The summed E-state index contributed by atoms with van der Waals surface area (Å²) in [5.41, 5.74) is 2.52. The van der Waals surface area contributed by atoms with Crippen LogP contribution in [0.2, 0.25) is 5.02 Å². The summed E-state index contributed by atoms with van der Waals surface area (Å²) in [4.78, 5) is 13.9. The topological polar surface area (TPSA) is 83.6 Å². The number of thiophene rings is 1. The third-order valence-electron chi connectivity index (χ3n) is 5.26. The van der Waals surface area contributed by atoms with Crippen molar-refractivity contribution in [2.45, 2.75) is 43.8 Å². The zero-order valence-corrected chi connectivity index (χ0v) is 19.8. The summed E-state index contributed by atoms with van der Waals surface area (Å²) < 4.78 is 1.89. The summed E-state index contributed by atoms with van der Waals surface area (Å²) >= 11 is 9.17. The number of nitriles is 1. The molecule has 0 bridgehead atoms. The van der Waals surface area contributed by atoms with E-state index in [-0.39, 0.29) is 11.7 Å². The molecule has 3 aromatic rings. The summed E-state index contributed by atoms with van der Waals surface area (Å²) in [6.45, 7) is 4.31. The Labute approximate surface area is 200 Å². The number of amides is 1. The molecular formula is C23H22ClN5OS2. The fraction of sp³-hybridized carbons (Fsp3) is 0.304. The number of anilines is 1. The van der Waals surface area contributed by atoms with Gasteiger partial charge in [-0.2, -0.15) is 5.26 Å². The Morgan fingerprint density at radius 3 is 2.91 bits per heavy atom. The smallest absolute Gasteiger partial charge is 0.235 e. The van der Waals surface area contributed by atoms with Crippen LogP contribution in [0.5, 0.6) is 0 Å². The molecule has 0 aliphatic heterocycles. The van der Waals surface area contributed by atoms with Gasteiger partial charge in [-0.1, -0.05) is 48.0 Å². The van der Waals surface area contributed by atoms with Gasteiger partial charge in [-0.25, -0.2) is 0 Å². The van der Waals surface area contributed by atoms with Gasteiger partial charge in [-0.3, -0.25) is 9.36 Å². The molecule has 0 atom stereocenters. The first kappa shape index (κ1) is 22.6. The van der Waals surface area contributed by atoms with E-state index in [1.165, 1.54) is 34.4 Å². The summed E-state index contributed by atoms with van der Waals surface area (Å²) in [6.07, 6.45) is 7.06. The molecule has 1 amide bonds. The number of fused-ring (bicyclic) bond motifs is 1. The molecule has 32 heavy (non-hydrogen) atoms. The summed E-state index contributed by atoms with van der Waals surface area (Å²) in [5.74, 6) is 0.619. The number of thioether (sulfide) groups is 1. The minimum Gasteiger partial charge on any atom is -0.316 e. The molecule has 0 unspecified atom stereocenters. The predicted octanol–water partition coefficient (Wildman–Crippen LogP) is 5.72. The SMILES string of the molecule is C=CCn1c(SCC(=O)Nc2sc3c(c2C#N)CCCCC3)nnc1-c1ccccc1Cl. The first-order valence-corrected chi connectivity index (χ1v) is 12.6. The Bertz CT molecular complexity index is 1190. The molecule has 1 aliphatic carbocycles. The van der Waals surface area contributed by atoms with Crippen molar-refractivity contribution in [3.05, 3.63) is 57.9 Å². The van der Waals surface area contributed by atoms with E-state index >= 15 is 0 Å². The minimum absolute atomic E-state index is 0.158. The van der Waals surface area contributed by atoms with Crippen molar-refractivity contribution in [3.8, 4) is 17.5 Å². The molecule has 1 aromatic carbocycles. The summed E-state index contributed by atoms with van der Waals surface area (Å²) in [6, 6.07) is 9.75. The van der Waals surface area contributed by atoms with Crippen LogP contribution in [-0.4, -0.2) is 26.4 Å². The van der Waals surface area contributed by atoms with Crippen molar-refractivity contribution in [1.82, 2.24) is 14.8 Å². The second kappa shape index (κ2) is 10.3. The van der Waals surface area contributed by atoms with Gasteiger partial charge >= 0.3 is 0 Å². The molecular weight excluding hydrogens is 462 g/mol. The second-order valence-electron chi connectivity index (χ2n) is 7.40. The van der Waals surface area contributed by atoms with E-state index in [1.807, 2.05) is 22.8 Å². The van der Waals surface area contributed by atoms with E-state index in [2.05, 4.69) is 28.2 Å². The lowest BCUT2D eigenvalue weighted by molar-refractivity contribution is -0.113. The average Bonchev–Trinajstić information content (AvgIpc) is 3.24. The monoisotopic (exact) mass is 483 g/mol. The van der Waals surface area contributed by atoms with Gasteiger partial charge in [0.2, 0.25) is 5.91 Å². The summed E-state index contributed by atoms with van der Waals surface area (Å²) in [5, 5.41) is 23.0. The van der Waals surface area contributed by atoms with Crippen molar-refractivity contribution in [1.29, 1.82) is 5.26 Å². The standard InChI is InChI=1S/C23H22ClN5OS2/c1-2-12-29-21(16-9-6-7-10-18(16)24)27-28-23(29)31-14-20(30)26-22-17(13-25)15-8-4-3-5-11-19(15)32-22/h2,6-7,9-10H,1,3-5,8,11-12,14H2,(H,26,30). The zero-order chi connectivity index (χ0) is 22.5. The van der Waals surface area contributed by atoms with Crippen LogP contribution in [0.1, 0.15) is 35.3 Å². The van der Waals surface area contributed by atoms with E-state index in [9.17, 15) is 10.1 Å². The van der Waals surface area contributed by atoms with E-state index in [1.54, 1.807) is 12.1 Å². The second-order valence-corrected chi connectivity index (χ2v) is 9.86. The van der Waals surface area contributed by atoms with E-state index in [0.29, 0.717) is 33.1 Å². The Morgan fingerprint density at radius 1 is 1.31 bits per heavy atom. The van der Waals surface area contributed by atoms with Gasteiger partial charge in [0.1, 0.15) is 11.1 Å². The molecule has 9 heteroatoms. The fourth-order valence-corrected chi connectivity index (χ4v) is 6.00. The first-order chi connectivity index (χ1) is 15.6. The van der Waals surface area contributed by atoms with Crippen LogP contribution in [0, 0.1) is 11.3 Å². The number of aromatic nitrogens is 3. The normalized spacial score (nSPS) is 13.1. The Kier molecular flexibility index (Phi) is 7.30. The number of allylic oxidation sites excluding steroid dienone is 1. The van der Waals surface area contributed by atoms with Crippen molar-refractivity contribution in [3.63, 3.8) is 0 Å². The molecule has 0 saturated heterocycles. The molecule has 0 spiro atoms. The number of halogens is 1. The fourth-order valence-electron chi connectivity index (χ4n) is 3.77. The largest absolute Gasteiger partial charge is 0.316 e. The van der Waals surface area contributed by atoms with Crippen LogP contribution in [0.4, 0.5) is 5.00 Å². The molecule has 1 N–H and O–H groups in total. The number of hydrogen-bond donors (Lipinski definition) is 1. The van der Waals surface area contributed by atoms with Crippen LogP contribution < -0.4 is 5.32 Å². The van der Waals surface area contributed by atoms with Crippen LogP contribution in [0.15, 0.2) is 42.1 Å². The van der Waals surface area contributed by atoms with Gasteiger partial charge in [0.05, 0.1) is 16.3 Å². The highest BCUT2D eigenvalue weighted by Gasteiger charge is 2.22. The lowest BCUT2D eigenvalue weighted by Gasteiger charge is -2.09. The average molecular weight is 484 g/mol. The Hall–Kier alpha value is -2.60. The van der Waals surface area contributed by atoms with Crippen LogP contribution in [-0.2, 0) is 24.2 Å². The Morgan fingerprint density at radius 2 is 2.12 bits per heavy atom. The number of carbonyl (C=O) groups excluding carboxylic acids is 1. The number of nitrogens with zero attached hydrogens (tertiary/aromatic N) is 4. The molecule has 6 nitrogen and oxygen atoms in total. The maximum Gasteiger partial charge on any atom is 0.235 e. The van der Waals surface area contributed by atoms with Crippen molar-refractivity contribution < 1.29 is 4.79 Å². The van der Waals surface area contributed by atoms with E-state index in [4.69, 9.17) is 11.6 Å². The molecule has 2 aromatic heterocycles. The van der Waals surface area contributed by atoms with Gasteiger partial charge in [-0.15, -0.1) is 28.1 Å². The molecule has 4 rings (SSSR count). The van der Waals surface area contributed by atoms with Crippen molar-refractivity contribution in [2.24, 2.45) is 0 Å². The van der Waals surface area contributed by atoms with Gasteiger partial charge in [0, 0.05) is 17.0 Å². The molecule has 1 aliphatic rings. The van der Waals surface area contributed by atoms with Gasteiger partial charge in [0.25, 0.3) is 0 Å². The van der Waals surface area contributed by atoms with Crippen molar-refractivity contribution >= 4 is 45.6 Å². The van der Waals surface area contributed by atoms with Gasteiger partial charge in [0.15, 0.2) is 11.0 Å². The number of hydrogen-bond acceptors (Lipinski definition) is 6. The third kappa shape index (κ3) is 4.75. The number of carbonyl (C=O) groups is 1. The highest BCUT2D eigenvalue weighted by molar-refractivity contribution is 7.99. The maximum atomic E-state index is 12.7. The molecule has 0 fully saturated rings. The summed E-state index contributed by atoms with van der Waals surface area (Å²) in [7, 11) is 0. The van der Waals surface area contributed by atoms with Crippen LogP contribution in [0.25, 0.3) is 11.4 Å². The molecule has 0 saturated carbocycles. The number of rotatable bonds is 7. The number of nitrogens with one attached hydrogen (secondary N) is 1. The van der Waals surface area contributed by atoms with Gasteiger partial charge in [-0.05, 0) is 43.4 Å². The van der Waals surface area contributed by atoms with E-state index in [0.717, 1.165) is 36.8 Å². The quantitative estimate of drug-likeness (QED) is 0.264. The number of aryl methyl sites for hydroxylation is 1. The lowest BCUT2D eigenvalue weighted by Crippen LogP contribution is -2.14. The zero-order valence-electron chi connectivity index (χ0n) is 17.4. The Balaban J connectivity index is 1.49. The van der Waals surface area contributed by atoms with E-state index < -0.39 is 0 Å². The molecule has 2 heterocycles. The first-order valence-electron chi connectivity index (χ1n) is 10.4. The minimum atomic E-state index is -0.171. The number of benzene rings is 1. The lowest BCUT2D eigenvalue weighted by atomic mass is 10.1. The van der Waals surface area contributed by atoms with Crippen molar-refractivity contribution in [2.75, 3.05) is 11.1 Å². The predicted molar refractivity (Wildman–Crippen MR) is 130 cm³/mol. The highest BCUT2D eigenvalue weighted by Crippen LogP contribution is 2.37. The maximum absolute atomic E-state index is 12.7. The third-order valence-corrected chi connectivity index (χ3v) is 7.77. The van der Waals surface area contributed by atoms with Gasteiger partial charge < -0.3 is 5.32 Å². The highest BCUT2D eigenvalue weighted by atomic mass is 35.5. The van der Waals surface area contributed by atoms with Crippen LogP contribution >= 0.6 is 34.7 Å². The molecule has 0 radical (unpaired) electrons.